The van der Waals surface area contributed by atoms with Crippen molar-refractivity contribution in [1.82, 2.24) is 14.5 Å². The second kappa shape index (κ2) is 4.22. The normalized spacial score (nSPS) is 15.6. The summed E-state index contributed by atoms with van der Waals surface area (Å²) in [5.41, 5.74) is 1.16. The van der Waals surface area contributed by atoms with Crippen molar-refractivity contribution < 1.29 is 0 Å². The molecule has 2 heterocycles. The van der Waals surface area contributed by atoms with Crippen LogP contribution in [0.4, 0.5) is 0 Å². The van der Waals surface area contributed by atoms with E-state index >= 15 is 0 Å². The Bertz CT molecular complexity index is 485. The summed E-state index contributed by atoms with van der Waals surface area (Å²) in [6.45, 7) is 2.05. The molecule has 0 spiro atoms. The van der Waals surface area contributed by atoms with Gasteiger partial charge in [0.2, 0.25) is 0 Å². The lowest BCUT2D eigenvalue weighted by Gasteiger charge is -2.03. The van der Waals surface area contributed by atoms with Crippen LogP contribution >= 0.6 is 23.1 Å². The van der Waals surface area contributed by atoms with E-state index in [-0.39, 0.29) is 0 Å². The third-order valence-corrected chi connectivity index (χ3v) is 4.43. The second-order valence-electron chi connectivity index (χ2n) is 3.99. The molecule has 0 N–H and O–H groups in total. The fraction of sp³-hybridized carbons (Fsp3) is 0.455. The van der Waals surface area contributed by atoms with Crippen molar-refractivity contribution in [2.45, 2.75) is 36.7 Å². The molecule has 0 saturated heterocycles. The van der Waals surface area contributed by atoms with Gasteiger partial charge in [-0.15, -0.1) is 11.3 Å². The van der Waals surface area contributed by atoms with Gasteiger partial charge < -0.3 is 4.57 Å². The van der Waals surface area contributed by atoms with Gasteiger partial charge in [0.05, 0.1) is 10.7 Å². The van der Waals surface area contributed by atoms with Crippen LogP contribution in [0.1, 0.15) is 29.6 Å². The summed E-state index contributed by atoms with van der Waals surface area (Å²) < 4.78 is 2.30. The number of thiazole rings is 1. The molecule has 1 aliphatic rings. The van der Waals surface area contributed by atoms with E-state index in [2.05, 4.69) is 26.1 Å². The van der Waals surface area contributed by atoms with Crippen molar-refractivity contribution in [2.24, 2.45) is 0 Å². The van der Waals surface area contributed by atoms with Crippen LogP contribution in [0.5, 0.6) is 0 Å². The molecule has 3 rings (SSSR count). The Kier molecular flexibility index (Phi) is 2.73. The molecule has 84 valence electrons. The summed E-state index contributed by atoms with van der Waals surface area (Å²) in [6, 6.07) is 0.710. The summed E-state index contributed by atoms with van der Waals surface area (Å²) in [7, 11) is 0. The van der Waals surface area contributed by atoms with Crippen molar-refractivity contribution in [3.05, 3.63) is 28.5 Å². The maximum Gasteiger partial charge on any atom is 0.168 e. The highest BCUT2D eigenvalue weighted by molar-refractivity contribution is 7.98. The minimum atomic E-state index is 0.710. The molecule has 1 aliphatic carbocycles. The SMILES string of the molecule is Cc1nc(CSc2nccn2C2CC2)cs1. The van der Waals surface area contributed by atoms with Gasteiger partial charge in [-0.05, 0) is 19.8 Å². The average Bonchev–Trinajstić information content (AvgIpc) is 2.86. The van der Waals surface area contributed by atoms with E-state index < -0.39 is 0 Å². The zero-order chi connectivity index (χ0) is 11.0. The van der Waals surface area contributed by atoms with Gasteiger partial charge in [-0.2, -0.15) is 0 Å². The molecule has 0 atom stereocenters. The first kappa shape index (κ1) is 10.4. The quantitative estimate of drug-likeness (QED) is 0.781. The van der Waals surface area contributed by atoms with Crippen molar-refractivity contribution >= 4 is 23.1 Å². The number of rotatable bonds is 4. The second-order valence-corrected chi connectivity index (χ2v) is 6.00. The van der Waals surface area contributed by atoms with Gasteiger partial charge in [-0.25, -0.2) is 9.97 Å². The van der Waals surface area contributed by atoms with Gasteiger partial charge in [0.15, 0.2) is 5.16 Å². The van der Waals surface area contributed by atoms with Crippen LogP contribution in [-0.4, -0.2) is 14.5 Å². The zero-order valence-corrected chi connectivity index (χ0v) is 10.7. The lowest BCUT2D eigenvalue weighted by Crippen LogP contribution is -1.94. The van der Waals surface area contributed by atoms with Gasteiger partial charge >= 0.3 is 0 Å². The fourth-order valence-corrected chi connectivity index (χ4v) is 3.29. The van der Waals surface area contributed by atoms with Gasteiger partial charge in [0.25, 0.3) is 0 Å². The molecule has 1 saturated carbocycles. The monoisotopic (exact) mass is 251 g/mol. The first-order valence-corrected chi connectivity index (χ1v) is 7.26. The number of aryl methyl sites for hydroxylation is 1. The fourth-order valence-electron chi connectivity index (χ4n) is 1.65. The highest BCUT2D eigenvalue weighted by Gasteiger charge is 2.25. The standard InChI is InChI=1S/C11H13N3S2/c1-8-13-9(6-15-8)7-16-11-12-4-5-14(11)10-2-3-10/h4-6,10H,2-3,7H2,1H3. The van der Waals surface area contributed by atoms with E-state index in [1.807, 2.05) is 13.1 Å². The maximum absolute atomic E-state index is 4.46. The molecule has 0 radical (unpaired) electrons. The molecular formula is C11H13N3S2. The molecule has 0 aromatic carbocycles. The number of hydrogen-bond donors (Lipinski definition) is 0. The molecule has 2 aromatic rings. The largest absolute Gasteiger partial charge is 0.323 e. The molecule has 0 aliphatic heterocycles. The van der Waals surface area contributed by atoms with Gasteiger partial charge in [0.1, 0.15) is 0 Å². The number of aromatic nitrogens is 3. The predicted molar refractivity (Wildman–Crippen MR) is 66.9 cm³/mol. The lowest BCUT2D eigenvalue weighted by molar-refractivity contribution is 0.663. The third kappa shape index (κ3) is 2.15. The van der Waals surface area contributed by atoms with Crippen LogP contribution in [0.2, 0.25) is 0 Å². The van der Waals surface area contributed by atoms with Crippen molar-refractivity contribution in [2.75, 3.05) is 0 Å². The van der Waals surface area contributed by atoms with Crippen molar-refractivity contribution in [1.29, 1.82) is 0 Å². The van der Waals surface area contributed by atoms with E-state index in [1.165, 1.54) is 12.8 Å². The molecule has 0 unspecified atom stereocenters. The van der Waals surface area contributed by atoms with Crippen LogP contribution in [0.15, 0.2) is 22.9 Å². The van der Waals surface area contributed by atoms with Gasteiger partial charge in [0, 0.05) is 29.6 Å². The summed E-state index contributed by atoms with van der Waals surface area (Å²) in [5.74, 6) is 0.925. The van der Waals surface area contributed by atoms with Crippen LogP contribution in [-0.2, 0) is 5.75 Å². The average molecular weight is 251 g/mol. The zero-order valence-electron chi connectivity index (χ0n) is 9.09. The Hall–Kier alpha value is -0.810. The molecular weight excluding hydrogens is 238 g/mol. The summed E-state index contributed by atoms with van der Waals surface area (Å²) in [5, 5.41) is 4.40. The number of hydrogen-bond acceptors (Lipinski definition) is 4. The van der Waals surface area contributed by atoms with Gasteiger partial charge in [-0.3, -0.25) is 0 Å². The molecule has 1 fully saturated rings. The summed E-state index contributed by atoms with van der Waals surface area (Å²) in [4.78, 5) is 8.86. The Labute approximate surface area is 103 Å². The molecule has 5 heteroatoms. The predicted octanol–water partition coefficient (Wildman–Crippen LogP) is 3.28. The first-order valence-electron chi connectivity index (χ1n) is 5.39. The smallest absolute Gasteiger partial charge is 0.168 e. The van der Waals surface area contributed by atoms with E-state index in [4.69, 9.17) is 0 Å². The maximum atomic E-state index is 4.46. The summed E-state index contributed by atoms with van der Waals surface area (Å²) >= 11 is 3.50. The van der Waals surface area contributed by atoms with Crippen LogP contribution in [0, 0.1) is 6.92 Å². The molecule has 2 aromatic heterocycles. The van der Waals surface area contributed by atoms with Gasteiger partial charge in [-0.1, -0.05) is 11.8 Å². The van der Waals surface area contributed by atoms with Crippen molar-refractivity contribution in [3.8, 4) is 0 Å². The Morgan fingerprint density at radius 1 is 1.56 bits per heavy atom. The highest BCUT2D eigenvalue weighted by Crippen LogP contribution is 2.38. The van der Waals surface area contributed by atoms with E-state index in [9.17, 15) is 0 Å². The van der Waals surface area contributed by atoms with Crippen LogP contribution in [0.25, 0.3) is 0 Å². The minimum absolute atomic E-state index is 0.710. The first-order chi connectivity index (χ1) is 7.83. The third-order valence-electron chi connectivity index (χ3n) is 2.59. The molecule has 16 heavy (non-hydrogen) atoms. The Morgan fingerprint density at radius 3 is 3.12 bits per heavy atom. The molecule has 0 amide bonds. The molecule has 0 bridgehead atoms. The van der Waals surface area contributed by atoms with Crippen molar-refractivity contribution in [3.63, 3.8) is 0 Å². The van der Waals surface area contributed by atoms with E-state index in [0.717, 1.165) is 21.6 Å². The molecule has 3 nitrogen and oxygen atoms in total. The summed E-state index contributed by atoms with van der Waals surface area (Å²) in [6.07, 6.45) is 6.60. The highest BCUT2D eigenvalue weighted by atomic mass is 32.2. The topological polar surface area (TPSA) is 30.7 Å². The van der Waals surface area contributed by atoms with E-state index in [0.29, 0.717) is 6.04 Å². The Balaban J connectivity index is 1.67. The lowest BCUT2D eigenvalue weighted by atomic mass is 10.6. The minimum Gasteiger partial charge on any atom is -0.323 e. The number of nitrogens with zero attached hydrogens (tertiary/aromatic N) is 3. The van der Waals surface area contributed by atoms with E-state index in [1.54, 1.807) is 23.1 Å². The number of thioether (sulfide) groups is 1. The number of imidazole rings is 1. The van der Waals surface area contributed by atoms with Crippen LogP contribution in [0.3, 0.4) is 0 Å². The van der Waals surface area contributed by atoms with Crippen LogP contribution < -0.4 is 0 Å². The Morgan fingerprint density at radius 2 is 2.44 bits per heavy atom.